The summed E-state index contributed by atoms with van der Waals surface area (Å²) >= 11 is 0. The molecule has 0 unspecified atom stereocenters. The number of hydrogen-bond donors (Lipinski definition) is 1. The molecule has 0 saturated carbocycles. The summed E-state index contributed by atoms with van der Waals surface area (Å²) in [5.74, 6) is 0.243. The molecular weight excluding hydrogens is 362 g/mol. The van der Waals surface area contributed by atoms with E-state index < -0.39 is 5.91 Å². The Hall–Kier alpha value is -4.17. The zero-order valence-electron chi connectivity index (χ0n) is 15.5. The van der Waals surface area contributed by atoms with Gasteiger partial charge in [0, 0.05) is 12.1 Å². The summed E-state index contributed by atoms with van der Waals surface area (Å²) in [5, 5.41) is 17.1. The Morgan fingerprint density at radius 1 is 1.03 bits per heavy atom. The molecule has 5 nitrogen and oxygen atoms in total. The van der Waals surface area contributed by atoms with Crippen LogP contribution in [0.25, 0.3) is 28.3 Å². The Bertz CT molecular complexity index is 1220. The number of amides is 1. The first-order chi connectivity index (χ1) is 14.2. The van der Waals surface area contributed by atoms with E-state index >= 15 is 0 Å². The molecule has 0 aliphatic heterocycles. The quantitative estimate of drug-likeness (QED) is 0.402. The number of nitriles is 1. The molecule has 3 aromatic carbocycles. The third-order valence-electron chi connectivity index (χ3n) is 4.51. The lowest BCUT2D eigenvalue weighted by Gasteiger charge is -2.04. The number of nitrogens with one attached hydrogen (secondary N) is 1. The van der Waals surface area contributed by atoms with Crippen LogP contribution >= 0.6 is 0 Å². The van der Waals surface area contributed by atoms with Crippen LogP contribution in [0.5, 0.6) is 0 Å². The smallest absolute Gasteiger partial charge is 0.262 e. The summed E-state index contributed by atoms with van der Waals surface area (Å²) in [4.78, 5) is 12.4. The van der Waals surface area contributed by atoms with Crippen molar-refractivity contribution >= 4 is 22.9 Å². The number of hydrogen-bond acceptors (Lipinski definition) is 4. The highest BCUT2D eigenvalue weighted by molar-refractivity contribution is 6.02. The second-order valence-corrected chi connectivity index (χ2v) is 6.49. The lowest BCUT2D eigenvalue weighted by atomic mass is 10.0. The van der Waals surface area contributed by atoms with E-state index in [1.807, 2.05) is 78.9 Å². The van der Waals surface area contributed by atoms with E-state index in [9.17, 15) is 10.1 Å². The SMILES string of the molecule is N#CC(=Cc1ccc2noc(-c3ccccc3)c2c1)C(=O)NCc1ccccc1. The Morgan fingerprint density at radius 3 is 2.48 bits per heavy atom. The van der Waals surface area contributed by atoms with Crippen LogP contribution in [0.2, 0.25) is 0 Å². The van der Waals surface area contributed by atoms with Crippen molar-refractivity contribution in [2.45, 2.75) is 6.54 Å². The predicted octanol–water partition coefficient (Wildman–Crippen LogP) is 4.72. The highest BCUT2D eigenvalue weighted by Crippen LogP contribution is 2.29. The molecule has 0 radical (unpaired) electrons. The Balaban J connectivity index is 1.60. The minimum atomic E-state index is -0.412. The van der Waals surface area contributed by atoms with Crippen LogP contribution in [-0.4, -0.2) is 11.1 Å². The molecule has 0 spiro atoms. The van der Waals surface area contributed by atoms with Crippen LogP contribution in [0, 0.1) is 11.3 Å². The van der Waals surface area contributed by atoms with Crippen molar-refractivity contribution in [2.75, 3.05) is 0 Å². The van der Waals surface area contributed by atoms with Gasteiger partial charge in [0.25, 0.3) is 5.91 Å². The number of aromatic nitrogens is 1. The summed E-state index contributed by atoms with van der Waals surface area (Å²) in [7, 11) is 0. The van der Waals surface area contributed by atoms with Gasteiger partial charge in [0.05, 0.1) is 5.39 Å². The van der Waals surface area contributed by atoms with Gasteiger partial charge in [-0.25, -0.2) is 0 Å². The molecule has 0 atom stereocenters. The number of carbonyl (C=O) groups is 1. The van der Waals surface area contributed by atoms with Gasteiger partial charge in [-0.15, -0.1) is 0 Å². The van der Waals surface area contributed by atoms with E-state index in [2.05, 4.69) is 10.5 Å². The zero-order chi connectivity index (χ0) is 20.1. The van der Waals surface area contributed by atoms with Crippen LogP contribution in [0.15, 0.2) is 89.0 Å². The normalized spacial score (nSPS) is 11.2. The van der Waals surface area contributed by atoms with E-state index in [0.29, 0.717) is 17.8 Å². The zero-order valence-corrected chi connectivity index (χ0v) is 15.5. The molecular formula is C24H17N3O2. The van der Waals surface area contributed by atoms with Gasteiger partial charge in [-0.1, -0.05) is 71.9 Å². The number of rotatable bonds is 5. The molecule has 5 heteroatoms. The largest absolute Gasteiger partial charge is 0.355 e. The molecule has 140 valence electrons. The predicted molar refractivity (Wildman–Crippen MR) is 111 cm³/mol. The van der Waals surface area contributed by atoms with Gasteiger partial charge in [-0.2, -0.15) is 5.26 Å². The second kappa shape index (κ2) is 8.24. The van der Waals surface area contributed by atoms with Crippen LogP contribution in [0.1, 0.15) is 11.1 Å². The molecule has 1 heterocycles. The summed E-state index contributed by atoms with van der Waals surface area (Å²) in [5.41, 5.74) is 3.36. The molecule has 1 aromatic heterocycles. The van der Waals surface area contributed by atoms with Crippen LogP contribution in [-0.2, 0) is 11.3 Å². The van der Waals surface area contributed by atoms with Gasteiger partial charge in [0.2, 0.25) is 0 Å². The molecule has 1 amide bonds. The number of carbonyl (C=O) groups excluding carboxylic acids is 1. The first-order valence-corrected chi connectivity index (χ1v) is 9.13. The van der Waals surface area contributed by atoms with Crippen molar-refractivity contribution in [1.82, 2.24) is 10.5 Å². The van der Waals surface area contributed by atoms with Gasteiger partial charge >= 0.3 is 0 Å². The molecule has 1 N–H and O–H groups in total. The summed E-state index contributed by atoms with van der Waals surface area (Å²) < 4.78 is 5.51. The molecule has 0 saturated heterocycles. The van der Waals surface area contributed by atoms with Gasteiger partial charge in [0.1, 0.15) is 17.2 Å². The topological polar surface area (TPSA) is 78.9 Å². The van der Waals surface area contributed by atoms with Crippen molar-refractivity contribution in [2.24, 2.45) is 0 Å². The first kappa shape index (κ1) is 18.2. The Labute approximate surface area is 167 Å². The van der Waals surface area contributed by atoms with Crippen molar-refractivity contribution in [3.63, 3.8) is 0 Å². The Kier molecular flexibility index (Phi) is 5.17. The highest BCUT2D eigenvalue weighted by Gasteiger charge is 2.12. The standard InChI is InChI=1S/C24H17N3O2/c25-15-20(24(28)26-16-17-7-3-1-4-8-17)13-18-11-12-22-21(14-18)23(29-27-22)19-9-5-2-6-10-19/h1-14H,16H2,(H,26,28). The molecule has 0 bridgehead atoms. The maximum absolute atomic E-state index is 12.4. The average molecular weight is 379 g/mol. The van der Waals surface area contributed by atoms with E-state index in [1.54, 1.807) is 12.1 Å². The minimum Gasteiger partial charge on any atom is -0.355 e. The fourth-order valence-corrected chi connectivity index (χ4v) is 3.04. The van der Waals surface area contributed by atoms with E-state index in [4.69, 9.17) is 4.52 Å². The highest BCUT2D eigenvalue weighted by atomic mass is 16.5. The third-order valence-corrected chi connectivity index (χ3v) is 4.51. The number of benzene rings is 3. The first-order valence-electron chi connectivity index (χ1n) is 9.13. The monoisotopic (exact) mass is 379 g/mol. The average Bonchev–Trinajstić information content (AvgIpc) is 3.20. The van der Waals surface area contributed by atoms with Gasteiger partial charge < -0.3 is 9.84 Å². The molecule has 0 fully saturated rings. The fraction of sp³-hybridized carbons (Fsp3) is 0.0417. The molecule has 4 rings (SSSR count). The summed E-state index contributed by atoms with van der Waals surface area (Å²) in [6.07, 6.45) is 1.57. The van der Waals surface area contributed by atoms with Crippen LogP contribution < -0.4 is 5.32 Å². The summed E-state index contributed by atoms with van der Waals surface area (Å²) in [6, 6.07) is 26.7. The van der Waals surface area contributed by atoms with Crippen molar-refractivity contribution in [1.29, 1.82) is 5.26 Å². The van der Waals surface area contributed by atoms with Crippen molar-refractivity contribution in [3.8, 4) is 17.4 Å². The van der Waals surface area contributed by atoms with Crippen LogP contribution in [0.4, 0.5) is 0 Å². The fourth-order valence-electron chi connectivity index (χ4n) is 3.04. The lowest BCUT2D eigenvalue weighted by molar-refractivity contribution is -0.117. The Morgan fingerprint density at radius 2 is 1.76 bits per heavy atom. The number of nitrogens with zero attached hydrogens (tertiary/aromatic N) is 2. The maximum Gasteiger partial charge on any atom is 0.262 e. The van der Waals surface area contributed by atoms with E-state index in [-0.39, 0.29) is 5.57 Å². The van der Waals surface area contributed by atoms with E-state index in [1.165, 1.54) is 0 Å². The number of fused-ring (bicyclic) bond motifs is 1. The molecule has 29 heavy (non-hydrogen) atoms. The molecule has 4 aromatic rings. The third kappa shape index (κ3) is 4.07. The maximum atomic E-state index is 12.4. The van der Waals surface area contributed by atoms with Crippen molar-refractivity contribution < 1.29 is 9.32 Å². The van der Waals surface area contributed by atoms with E-state index in [0.717, 1.165) is 22.1 Å². The lowest BCUT2D eigenvalue weighted by Crippen LogP contribution is -2.23. The van der Waals surface area contributed by atoms with Gasteiger partial charge in [0.15, 0.2) is 5.76 Å². The van der Waals surface area contributed by atoms with Crippen LogP contribution in [0.3, 0.4) is 0 Å². The second-order valence-electron chi connectivity index (χ2n) is 6.49. The van der Waals surface area contributed by atoms with Gasteiger partial charge in [-0.3, -0.25) is 4.79 Å². The van der Waals surface area contributed by atoms with Crippen molar-refractivity contribution in [3.05, 3.63) is 95.6 Å². The molecule has 0 aliphatic rings. The molecule has 0 aliphatic carbocycles. The van der Waals surface area contributed by atoms with Gasteiger partial charge in [-0.05, 0) is 29.3 Å². The minimum absolute atomic E-state index is 0.0398. The summed E-state index contributed by atoms with van der Waals surface area (Å²) in [6.45, 7) is 0.363.